The maximum absolute atomic E-state index is 14.0. The van der Waals surface area contributed by atoms with Gasteiger partial charge in [-0.1, -0.05) is 42.5 Å². The highest BCUT2D eigenvalue weighted by molar-refractivity contribution is 5.99. The van der Waals surface area contributed by atoms with E-state index in [9.17, 15) is 28.0 Å². The second kappa shape index (κ2) is 15.0. The Labute approximate surface area is 289 Å². The number of nitrogens with zero attached hydrogens (tertiary/aromatic N) is 6. The molecule has 3 aromatic carbocycles. The van der Waals surface area contributed by atoms with Gasteiger partial charge in [0.2, 0.25) is 0 Å². The number of hydrogen-bond acceptors (Lipinski definition) is 4. The number of nitriles is 1. The molecular weight excluding hydrogens is 643 g/mol. The number of carbonyl (C=O) groups is 1. The number of rotatable bonds is 7. The molecule has 2 heterocycles. The minimum absolute atomic E-state index is 0.0318. The minimum Gasteiger partial charge on any atom is -0.352 e. The van der Waals surface area contributed by atoms with Crippen molar-refractivity contribution in [1.82, 2.24) is 24.5 Å². The zero-order chi connectivity index (χ0) is 36.1. The summed E-state index contributed by atoms with van der Waals surface area (Å²) in [5, 5.41) is 16.5. The fourth-order valence-electron chi connectivity index (χ4n) is 6.41. The third-order valence-electron chi connectivity index (χ3n) is 9.17. The lowest BCUT2D eigenvalue weighted by Crippen LogP contribution is -2.47. The van der Waals surface area contributed by atoms with Crippen LogP contribution in [0.5, 0.6) is 0 Å². The molecule has 0 spiro atoms. The largest absolute Gasteiger partial charge is 0.416 e. The second-order valence-corrected chi connectivity index (χ2v) is 13.4. The number of hydrogen-bond donors (Lipinski definition) is 1. The molecule has 2 aromatic heterocycles. The van der Waals surface area contributed by atoms with Crippen molar-refractivity contribution in [3.05, 3.63) is 124 Å². The van der Waals surface area contributed by atoms with Crippen molar-refractivity contribution in [2.45, 2.75) is 37.9 Å². The molecule has 9 nitrogen and oxygen atoms in total. The molecule has 0 aliphatic heterocycles. The van der Waals surface area contributed by atoms with Gasteiger partial charge in [0.25, 0.3) is 11.5 Å². The molecule has 1 N–H and O–H groups in total. The lowest BCUT2D eigenvalue weighted by atomic mass is 9.85. The molecular formula is C38H41F3N7O2+. The van der Waals surface area contributed by atoms with Crippen molar-refractivity contribution < 1.29 is 22.4 Å². The fourth-order valence-corrected chi connectivity index (χ4v) is 6.41. The first-order valence-corrected chi connectivity index (χ1v) is 16.4. The zero-order valence-electron chi connectivity index (χ0n) is 28.6. The Kier molecular flexibility index (Phi) is 10.8. The van der Waals surface area contributed by atoms with Gasteiger partial charge in [0, 0.05) is 13.6 Å². The number of halogens is 3. The Balaban J connectivity index is 0.000000732. The minimum atomic E-state index is -4.62. The van der Waals surface area contributed by atoms with Gasteiger partial charge in [-0.25, -0.2) is 9.36 Å². The molecule has 260 valence electrons. The Morgan fingerprint density at radius 3 is 2.10 bits per heavy atom. The van der Waals surface area contributed by atoms with Crippen LogP contribution in [0.3, 0.4) is 0 Å². The lowest BCUT2D eigenvalue weighted by molar-refractivity contribution is -0.897. The average Bonchev–Trinajstić information content (AvgIpc) is 3.69. The first-order chi connectivity index (χ1) is 23.8. The molecule has 0 unspecified atom stereocenters. The molecule has 0 atom stereocenters. The van der Waals surface area contributed by atoms with Gasteiger partial charge in [0.05, 0.1) is 67.6 Å². The number of benzene rings is 3. The molecule has 1 amide bonds. The highest BCUT2D eigenvalue weighted by Gasteiger charge is 2.34. The third-order valence-corrected chi connectivity index (χ3v) is 9.17. The van der Waals surface area contributed by atoms with Crippen LogP contribution in [0.2, 0.25) is 0 Å². The van der Waals surface area contributed by atoms with Crippen LogP contribution in [0.1, 0.15) is 47.2 Å². The first kappa shape index (κ1) is 35.9. The van der Waals surface area contributed by atoms with Crippen molar-refractivity contribution >= 4 is 5.91 Å². The summed E-state index contributed by atoms with van der Waals surface area (Å²) < 4.78 is 45.6. The lowest BCUT2D eigenvalue weighted by Gasteiger charge is -2.38. The van der Waals surface area contributed by atoms with Crippen molar-refractivity contribution in [2.24, 2.45) is 13.0 Å². The van der Waals surface area contributed by atoms with Crippen molar-refractivity contribution in [2.75, 3.05) is 27.7 Å². The highest BCUT2D eigenvalue weighted by atomic mass is 19.4. The van der Waals surface area contributed by atoms with Gasteiger partial charge in [-0.15, -0.1) is 0 Å². The van der Waals surface area contributed by atoms with Crippen LogP contribution in [0, 0.1) is 17.2 Å². The molecule has 1 fully saturated rings. The molecule has 5 aromatic rings. The number of nitrogens with one attached hydrogen (secondary N) is 1. The van der Waals surface area contributed by atoms with Crippen molar-refractivity contribution in [3.8, 4) is 28.8 Å². The van der Waals surface area contributed by atoms with Crippen LogP contribution < -0.4 is 10.9 Å². The molecule has 0 bridgehead atoms. The normalized spacial score (nSPS) is 16.2. The van der Waals surface area contributed by atoms with E-state index in [1.54, 1.807) is 30.3 Å². The fraction of sp³-hybridized carbons (Fsp3) is 0.316. The predicted molar refractivity (Wildman–Crippen MR) is 186 cm³/mol. The molecule has 0 saturated heterocycles. The second-order valence-electron chi connectivity index (χ2n) is 13.4. The van der Waals surface area contributed by atoms with Crippen LogP contribution >= 0.6 is 0 Å². The molecule has 12 heteroatoms. The van der Waals surface area contributed by atoms with E-state index < -0.39 is 23.2 Å². The topological polar surface area (TPSA) is 97.6 Å². The van der Waals surface area contributed by atoms with Crippen molar-refractivity contribution in [1.29, 1.82) is 5.26 Å². The highest BCUT2D eigenvalue weighted by Crippen LogP contribution is 2.32. The van der Waals surface area contributed by atoms with E-state index in [2.05, 4.69) is 37.6 Å². The van der Waals surface area contributed by atoms with Crippen LogP contribution in [0.25, 0.3) is 22.8 Å². The summed E-state index contributed by atoms with van der Waals surface area (Å²) in [6.07, 6.45) is 0.851. The smallest absolute Gasteiger partial charge is 0.352 e. The zero-order valence-corrected chi connectivity index (χ0v) is 28.6. The summed E-state index contributed by atoms with van der Waals surface area (Å²) in [6.45, 7) is 0.384. The van der Waals surface area contributed by atoms with Gasteiger partial charge in [-0.2, -0.15) is 23.5 Å². The summed E-state index contributed by atoms with van der Waals surface area (Å²) in [4.78, 5) is 27.8. The summed E-state index contributed by atoms with van der Waals surface area (Å²) in [5.41, 5.74) is -0.293. The van der Waals surface area contributed by atoms with Gasteiger partial charge < -0.3 is 9.80 Å². The maximum atomic E-state index is 14.0. The van der Waals surface area contributed by atoms with E-state index >= 15 is 0 Å². The number of aromatic nitrogens is 4. The molecule has 1 aliphatic carbocycles. The number of quaternary nitrogens is 1. The quantitative estimate of drug-likeness (QED) is 0.196. The Morgan fingerprint density at radius 1 is 0.920 bits per heavy atom. The van der Waals surface area contributed by atoms with Crippen LogP contribution in [0.15, 0.2) is 102 Å². The first-order valence-electron chi connectivity index (χ1n) is 16.4. The van der Waals surface area contributed by atoms with Gasteiger partial charge in [0.15, 0.2) is 0 Å². The summed E-state index contributed by atoms with van der Waals surface area (Å²) in [7, 11) is 8.07. The SMILES string of the molecule is Cn1c(-c2ccnn2-c2ccc(C#N)cc2)c(C(=O)NCC2CCC([N+](C)(C)C)CC2)c(=O)n1-c1cccc(C(F)(F)F)c1.c1ccccc1. The standard InChI is InChI=1S/C32H34F3N7O2.C6H6/c1-39-29(27-16-17-38-40(27)24-12-8-21(19-36)9-13-24)28(30(43)37-20-22-10-14-26(15-11-22)42(2,3)4)31(44)41(39)25-7-5-6-23(18-25)32(33,34)35;1-2-4-6-5-3-1/h5-9,12-13,16-18,22,26H,10-11,14-15,20H2,1-4H3;1-6H/p+1. The van der Waals surface area contributed by atoms with E-state index in [0.29, 0.717) is 29.5 Å². The van der Waals surface area contributed by atoms with E-state index in [1.807, 2.05) is 36.4 Å². The predicted octanol–water partition coefficient (Wildman–Crippen LogP) is 6.60. The summed E-state index contributed by atoms with van der Waals surface area (Å²) in [6, 6.07) is 27.3. The van der Waals surface area contributed by atoms with Crippen LogP contribution in [-0.4, -0.2) is 63.3 Å². The summed E-state index contributed by atoms with van der Waals surface area (Å²) >= 11 is 0. The molecule has 0 radical (unpaired) electrons. The van der Waals surface area contributed by atoms with Crippen molar-refractivity contribution in [3.63, 3.8) is 0 Å². The molecule has 50 heavy (non-hydrogen) atoms. The summed E-state index contributed by atoms with van der Waals surface area (Å²) in [5.74, 6) is -0.351. The van der Waals surface area contributed by atoms with E-state index in [4.69, 9.17) is 0 Å². The Hall–Kier alpha value is -5.41. The van der Waals surface area contributed by atoms with Crippen LogP contribution in [-0.2, 0) is 13.2 Å². The Morgan fingerprint density at radius 2 is 1.54 bits per heavy atom. The number of amides is 1. The average molecular weight is 685 g/mol. The van der Waals surface area contributed by atoms with Gasteiger partial charge >= 0.3 is 6.18 Å². The number of alkyl halides is 3. The monoisotopic (exact) mass is 684 g/mol. The third kappa shape index (κ3) is 8.06. The van der Waals surface area contributed by atoms with E-state index in [1.165, 1.54) is 34.7 Å². The van der Waals surface area contributed by atoms with Gasteiger partial charge in [-0.05, 0) is 80.1 Å². The van der Waals surface area contributed by atoms with Gasteiger partial charge in [0.1, 0.15) is 11.3 Å². The number of carbonyl (C=O) groups excluding carboxylic acids is 1. The van der Waals surface area contributed by atoms with Gasteiger partial charge in [-0.3, -0.25) is 14.3 Å². The molecule has 1 saturated carbocycles. The molecule has 6 rings (SSSR count). The van der Waals surface area contributed by atoms with E-state index in [0.717, 1.165) is 47.0 Å². The van der Waals surface area contributed by atoms with Crippen LogP contribution in [0.4, 0.5) is 13.2 Å². The van der Waals surface area contributed by atoms with E-state index in [-0.39, 0.29) is 22.9 Å². The Bertz CT molecular complexity index is 1980. The molecule has 1 aliphatic rings. The maximum Gasteiger partial charge on any atom is 0.416 e.